The number of nitrogens with zero attached hydrogens (tertiary/aromatic N) is 1. The van der Waals surface area contributed by atoms with E-state index in [1.807, 2.05) is 6.92 Å². The van der Waals surface area contributed by atoms with Crippen molar-refractivity contribution in [2.75, 3.05) is 7.05 Å². The molecule has 0 aliphatic heterocycles. The van der Waals surface area contributed by atoms with E-state index in [-0.39, 0.29) is 0 Å². The molecule has 0 radical (unpaired) electrons. The van der Waals surface area contributed by atoms with Gasteiger partial charge in [-0.1, -0.05) is 25.6 Å². The van der Waals surface area contributed by atoms with Crippen LogP contribution in [0.4, 0.5) is 0 Å². The van der Waals surface area contributed by atoms with Gasteiger partial charge < -0.3 is 0 Å². The van der Waals surface area contributed by atoms with Crippen LogP contribution in [-0.4, -0.2) is 20.8 Å². The summed E-state index contributed by atoms with van der Waals surface area (Å²) in [7, 11) is 0.594. The van der Waals surface area contributed by atoms with Gasteiger partial charge in [0.2, 0.25) is 0 Å². The van der Waals surface area contributed by atoms with Crippen molar-refractivity contribution in [3.8, 4) is 11.5 Å². The van der Waals surface area contributed by atoms with Crippen LogP contribution in [0.25, 0.3) is 0 Å². The molecule has 0 saturated heterocycles. The Balaban J connectivity index is 4.19. The van der Waals surface area contributed by atoms with Gasteiger partial charge in [-0.05, 0) is 6.92 Å². The maximum Gasteiger partial charge on any atom is 0.129 e. The Bertz CT molecular complexity index is 188. The van der Waals surface area contributed by atoms with E-state index >= 15 is 0 Å². The smallest absolute Gasteiger partial charge is 0.129 e. The third kappa shape index (κ3) is 5.58. The number of aliphatic imine (C=N–C) groups is 1. The first-order valence-electron chi connectivity index (χ1n) is 3.42. The SMILES string of the molecule is CN=C(C)C#C[Si](C)(C)C. The van der Waals surface area contributed by atoms with E-state index in [1.54, 1.807) is 7.05 Å². The van der Waals surface area contributed by atoms with Crippen LogP contribution < -0.4 is 0 Å². The van der Waals surface area contributed by atoms with Crippen LogP contribution in [0, 0.1) is 11.5 Å². The van der Waals surface area contributed by atoms with E-state index in [9.17, 15) is 0 Å². The molecule has 0 amide bonds. The van der Waals surface area contributed by atoms with Gasteiger partial charge in [-0.25, -0.2) is 0 Å². The topological polar surface area (TPSA) is 12.4 Å². The summed E-state index contributed by atoms with van der Waals surface area (Å²) in [5.41, 5.74) is 4.16. The van der Waals surface area contributed by atoms with Crippen LogP contribution in [0.5, 0.6) is 0 Å². The Labute approximate surface area is 64.6 Å². The minimum atomic E-state index is -1.18. The Morgan fingerprint density at radius 3 is 2.10 bits per heavy atom. The summed E-state index contributed by atoms with van der Waals surface area (Å²) in [4.78, 5) is 3.96. The van der Waals surface area contributed by atoms with Crippen molar-refractivity contribution in [3.63, 3.8) is 0 Å². The van der Waals surface area contributed by atoms with E-state index in [0.717, 1.165) is 5.71 Å². The largest absolute Gasteiger partial charge is 0.284 e. The van der Waals surface area contributed by atoms with Crippen LogP contribution in [-0.2, 0) is 0 Å². The lowest BCUT2D eigenvalue weighted by Crippen LogP contribution is -2.16. The quantitative estimate of drug-likeness (QED) is 0.286. The summed E-state index contributed by atoms with van der Waals surface area (Å²) in [6.45, 7) is 8.61. The number of rotatable bonds is 0. The zero-order valence-corrected chi connectivity index (χ0v) is 8.45. The Morgan fingerprint density at radius 2 is 1.80 bits per heavy atom. The minimum Gasteiger partial charge on any atom is -0.284 e. The highest BCUT2D eigenvalue weighted by molar-refractivity contribution is 6.84. The summed E-state index contributed by atoms with van der Waals surface area (Å²) < 4.78 is 0. The van der Waals surface area contributed by atoms with Gasteiger partial charge in [0, 0.05) is 7.05 Å². The van der Waals surface area contributed by atoms with Crippen LogP contribution >= 0.6 is 0 Å². The molecule has 1 nitrogen and oxygen atoms in total. The van der Waals surface area contributed by atoms with Gasteiger partial charge in [0.25, 0.3) is 0 Å². The second-order valence-electron chi connectivity index (χ2n) is 3.31. The Kier molecular flexibility index (Phi) is 3.38. The highest BCUT2D eigenvalue weighted by Crippen LogP contribution is 1.95. The highest BCUT2D eigenvalue weighted by Gasteiger charge is 2.06. The van der Waals surface area contributed by atoms with Gasteiger partial charge in [0.1, 0.15) is 8.07 Å². The third-order valence-corrected chi connectivity index (χ3v) is 1.83. The fraction of sp³-hybridized carbons (Fsp3) is 0.625. The average molecular weight is 153 g/mol. The summed E-state index contributed by atoms with van der Waals surface area (Å²) in [5.74, 6) is 3.03. The summed E-state index contributed by atoms with van der Waals surface area (Å²) in [6.07, 6.45) is 0. The predicted molar refractivity (Wildman–Crippen MR) is 50.2 cm³/mol. The van der Waals surface area contributed by atoms with Crippen molar-refractivity contribution in [1.29, 1.82) is 0 Å². The lowest BCUT2D eigenvalue weighted by molar-refractivity contribution is 1.44. The van der Waals surface area contributed by atoms with Crippen LogP contribution in [0.1, 0.15) is 6.92 Å². The van der Waals surface area contributed by atoms with Crippen molar-refractivity contribution < 1.29 is 0 Å². The molecule has 0 aliphatic rings. The first-order valence-corrected chi connectivity index (χ1v) is 6.92. The van der Waals surface area contributed by atoms with E-state index in [2.05, 4.69) is 36.1 Å². The fourth-order valence-corrected chi connectivity index (χ4v) is 0.890. The Hall–Kier alpha value is -0.553. The van der Waals surface area contributed by atoms with E-state index in [0.29, 0.717) is 0 Å². The molecule has 0 N–H and O–H groups in total. The molecule has 0 aromatic rings. The van der Waals surface area contributed by atoms with Gasteiger partial charge in [-0.3, -0.25) is 4.99 Å². The molecule has 0 saturated carbocycles. The van der Waals surface area contributed by atoms with E-state index in [1.165, 1.54) is 0 Å². The molecule has 0 rings (SSSR count). The van der Waals surface area contributed by atoms with Crippen molar-refractivity contribution in [1.82, 2.24) is 0 Å². The maximum atomic E-state index is 3.96. The lowest BCUT2D eigenvalue weighted by atomic mass is 10.5. The Morgan fingerprint density at radius 1 is 1.30 bits per heavy atom. The average Bonchev–Trinajstić information content (AvgIpc) is 1.81. The molecule has 0 atom stereocenters. The predicted octanol–water partition coefficient (Wildman–Crippen LogP) is 1.96. The second kappa shape index (κ2) is 3.57. The molecule has 0 fully saturated rings. The highest BCUT2D eigenvalue weighted by atomic mass is 28.3. The van der Waals surface area contributed by atoms with Gasteiger partial charge in [0.05, 0.1) is 5.71 Å². The second-order valence-corrected chi connectivity index (χ2v) is 8.06. The van der Waals surface area contributed by atoms with Gasteiger partial charge in [-0.15, -0.1) is 5.54 Å². The van der Waals surface area contributed by atoms with Crippen LogP contribution in [0.15, 0.2) is 4.99 Å². The number of hydrogen-bond donors (Lipinski definition) is 0. The maximum absolute atomic E-state index is 3.96. The standard InChI is InChI=1S/C8H15NSi/c1-8(9-2)6-7-10(3,4)5/h1-5H3. The third-order valence-electron chi connectivity index (χ3n) is 0.954. The van der Waals surface area contributed by atoms with Crippen molar-refractivity contribution in [2.45, 2.75) is 26.6 Å². The van der Waals surface area contributed by atoms with Crippen molar-refractivity contribution in [3.05, 3.63) is 0 Å². The molecule has 56 valence electrons. The zero-order valence-electron chi connectivity index (χ0n) is 7.45. The number of hydrogen-bond acceptors (Lipinski definition) is 1. The summed E-state index contributed by atoms with van der Waals surface area (Å²) in [6, 6.07) is 0. The molecular formula is C8H15NSi. The monoisotopic (exact) mass is 153 g/mol. The van der Waals surface area contributed by atoms with Gasteiger partial charge >= 0.3 is 0 Å². The molecule has 0 aromatic heterocycles. The normalized spacial score (nSPS) is 12.3. The first kappa shape index (κ1) is 9.45. The molecular weight excluding hydrogens is 138 g/mol. The molecule has 0 aliphatic carbocycles. The summed E-state index contributed by atoms with van der Waals surface area (Å²) in [5, 5.41) is 0. The molecule has 0 spiro atoms. The van der Waals surface area contributed by atoms with Gasteiger partial charge in [-0.2, -0.15) is 0 Å². The van der Waals surface area contributed by atoms with Crippen LogP contribution in [0.3, 0.4) is 0 Å². The zero-order chi connectivity index (χ0) is 8.20. The first-order chi connectivity index (χ1) is 4.45. The van der Waals surface area contributed by atoms with Crippen molar-refractivity contribution in [2.24, 2.45) is 4.99 Å². The molecule has 0 bridgehead atoms. The van der Waals surface area contributed by atoms with Crippen molar-refractivity contribution >= 4 is 13.8 Å². The molecule has 2 heteroatoms. The van der Waals surface area contributed by atoms with E-state index in [4.69, 9.17) is 0 Å². The fourth-order valence-electron chi connectivity index (χ4n) is 0.334. The van der Waals surface area contributed by atoms with Crippen LogP contribution in [0.2, 0.25) is 19.6 Å². The molecule has 10 heavy (non-hydrogen) atoms. The summed E-state index contributed by atoms with van der Waals surface area (Å²) >= 11 is 0. The van der Waals surface area contributed by atoms with Gasteiger partial charge in [0.15, 0.2) is 0 Å². The minimum absolute atomic E-state index is 0.933. The molecule has 0 heterocycles. The van der Waals surface area contributed by atoms with E-state index < -0.39 is 8.07 Å². The molecule has 0 aromatic carbocycles. The lowest BCUT2D eigenvalue weighted by Gasteiger charge is -2.02. The molecule has 0 unspecified atom stereocenters.